The third-order valence-corrected chi connectivity index (χ3v) is 5.60. The Balaban J connectivity index is 1.69. The van der Waals surface area contributed by atoms with E-state index in [-0.39, 0.29) is 48.5 Å². The number of halogens is 3. The standard InChI is InChI=1S/C24H25F3N6O4/c1-3-15-10-16(4-5-17(15)22(36)30-14(2)13-35)37-23-21-29-11-19(33(21)7-6-28-23)18-12-32(8-9-34)31-20(18)24(25,26)27/h4-7,10-12,14,34-35H,3,8-9,13H2,1-2H3,(H,30,36)/t14-/m1/s1. The highest BCUT2D eigenvalue weighted by Crippen LogP contribution is 2.37. The van der Waals surface area contributed by atoms with Gasteiger partial charge in [0.25, 0.3) is 11.8 Å². The van der Waals surface area contributed by atoms with Gasteiger partial charge in [-0.15, -0.1) is 0 Å². The Bertz CT molecular complexity index is 1420. The fraction of sp³-hybridized carbons (Fsp3) is 0.333. The molecule has 0 aliphatic carbocycles. The second-order valence-electron chi connectivity index (χ2n) is 8.28. The quantitative estimate of drug-likeness (QED) is 0.311. The van der Waals surface area contributed by atoms with E-state index in [0.29, 0.717) is 23.3 Å². The first-order chi connectivity index (χ1) is 17.7. The Morgan fingerprint density at radius 3 is 2.70 bits per heavy atom. The molecule has 3 aromatic heterocycles. The predicted molar refractivity (Wildman–Crippen MR) is 126 cm³/mol. The molecule has 0 saturated heterocycles. The maximum absolute atomic E-state index is 13.7. The van der Waals surface area contributed by atoms with Crippen molar-refractivity contribution in [1.29, 1.82) is 0 Å². The Kier molecular flexibility index (Phi) is 7.45. The fourth-order valence-electron chi connectivity index (χ4n) is 3.81. The molecular formula is C24H25F3N6O4. The maximum Gasteiger partial charge on any atom is 0.435 e. The van der Waals surface area contributed by atoms with Crippen LogP contribution in [-0.4, -0.2) is 59.5 Å². The van der Waals surface area contributed by atoms with Gasteiger partial charge in [-0.25, -0.2) is 9.97 Å². The number of hydrogen-bond donors (Lipinski definition) is 3. The summed E-state index contributed by atoms with van der Waals surface area (Å²) in [4.78, 5) is 21.0. The molecule has 0 spiro atoms. The van der Waals surface area contributed by atoms with Crippen molar-refractivity contribution in [2.45, 2.75) is 39.0 Å². The van der Waals surface area contributed by atoms with Gasteiger partial charge >= 0.3 is 6.18 Å². The summed E-state index contributed by atoms with van der Waals surface area (Å²) >= 11 is 0. The van der Waals surface area contributed by atoms with Gasteiger partial charge in [0.1, 0.15) is 5.75 Å². The van der Waals surface area contributed by atoms with Crippen LogP contribution in [-0.2, 0) is 19.1 Å². The van der Waals surface area contributed by atoms with E-state index in [0.717, 1.165) is 4.68 Å². The van der Waals surface area contributed by atoms with Gasteiger partial charge in [0.05, 0.1) is 37.2 Å². The summed E-state index contributed by atoms with van der Waals surface area (Å²) in [6.45, 7) is 2.90. The fourth-order valence-corrected chi connectivity index (χ4v) is 3.81. The molecule has 13 heteroatoms. The number of aromatic nitrogens is 5. The number of alkyl halides is 3. The minimum Gasteiger partial charge on any atom is -0.436 e. The number of aryl methyl sites for hydroxylation is 1. The zero-order valence-electron chi connectivity index (χ0n) is 20.0. The molecular weight excluding hydrogens is 493 g/mol. The molecule has 3 N–H and O–H groups in total. The minimum atomic E-state index is -4.72. The van der Waals surface area contributed by atoms with Crippen LogP contribution in [0.4, 0.5) is 13.2 Å². The highest BCUT2D eigenvalue weighted by atomic mass is 19.4. The highest BCUT2D eigenvalue weighted by molar-refractivity contribution is 5.96. The number of hydrogen-bond acceptors (Lipinski definition) is 7. The summed E-state index contributed by atoms with van der Waals surface area (Å²) in [6, 6.07) is 4.44. The molecule has 4 rings (SSSR count). The molecule has 196 valence electrons. The van der Waals surface area contributed by atoms with Crippen molar-refractivity contribution >= 4 is 11.6 Å². The lowest BCUT2D eigenvalue weighted by Gasteiger charge is -2.14. The summed E-state index contributed by atoms with van der Waals surface area (Å²) in [5, 5.41) is 24.6. The third kappa shape index (κ3) is 5.42. The van der Waals surface area contributed by atoms with Crippen molar-refractivity contribution in [3.63, 3.8) is 0 Å². The van der Waals surface area contributed by atoms with Crippen molar-refractivity contribution in [2.75, 3.05) is 13.2 Å². The van der Waals surface area contributed by atoms with E-state index in [9.17, 15) is 23.1 Å². The summed E-state index contributed by atoms with van der Waals surface area (Å²) in [5.74, 6) is 0.0870. The van der Waals surface area contributed by atoms with E-state index in [4.69, 9.17) is 9.84 Å². The number of rotatable bonds is 9. The number of ether oxygens (including phenoxy) is 1. The Morgan fingerprint density at radius 1 is 1.24 bits per heavy atom. The van der Waals surface area contributed by atoms with Crippen molar-refractivity contribution < 1.29 is 32.9 Å². The molecule has 10 nitrogen and oxygen atoms in total. The topological polar surface area (TPSA) is 127 Å². The number of benzene rings is 1. The van der Waals surface area contributed by atoms with Gasteiger partial charge < -0.3 is 20.3 Å². The molecule has 1 atom stereocenters. The molecule has 3 heterocycles. The molecule has 0 radical (unpaired) electrons. The van der Waals surface area contributed by atoms with Crippen LogP contribution in [0.25, 0.3) is 16.9 Å². The van der Waals surface area contributed by atoms with Crippen LogP contribution in [0.5, 0.6) is 11.6 Å². The number of aliphatic hydroxyl groups is 2. The highest BCUT2D eigenvalue weighted by Gasteiger charge is 2.38. The van der Waals surface area contributed by atoms with Crippen molar-refractivity contribution in [2.24, 2.45) is 0 Å². The van der Waals surface area contributed by atoms with Crippen LogP contribution < -0.4 is 10.1 Å². The molecule has 4 aromatic rings. The summed E-state index contributed by atoms with van der Waals surface area (Å²) < 4.78 is 49.4. The molecule has 0 aliphatic heterocycles. The lowest BCUT2D eigenvalue weighted by Crippen LogP contribution is -2.35. The molecule has 1 amide bonds. The normalized spacial score (nSPS) is 12.6. The molecule has 1 aromatic carbocycles. The zero-order valence-corrected chi connectivity index (χ0v) is 20.0. The van der Waals surface area contributed by atoms with Crippen LogP contribution in [0, 0.1) is 0 Å². The number of nitrogens with zero attached hydrogens (tertiary/aromatic N) is 5. The van der Waals surface area contributed by atoms with Gasteiger partial charge in [-0.3, -0.25) is 13.9 Å². The number of carbonyl (C=O) groups excluding carboxylic acids is 1. The first-order valence-corrected chi connectivity index (χ1v) is 11.5. The summed E-state index contributed by atoms with van der Waals surface area (Å²) in [7, 11) is 0. The second kappa shape index (κ2) is 10.6. The van der Waals surface area contributed by atoms with Gasteiger partial charge in [0, 0.05) is 30.2 Å². The van der Waals surface area contributed by atoms with Crippen LogP contribution >= 0.6 is 0 Å². The largest absolute Gasteiger partial charge is 0.436 e. The summed E-state index contributed by atoms with van der Waals surface area (Å²) in [6.07, 6.45) is 1.12. The Labute approximate surface area is 209 Å². The smallest absolute Gasteiger partial charge is 0.435 e. The van der Waals surface area contributed by atoms with Crippen LogP contribution in [0.3, 0.4) is 0 Å². The van der Waals surface area contributed by atoms with E-state index in [1.165, 1.54) is 29.2 Å². The second-order valence-corrected chi connectivity index (χ2v) is 8.28. The molecule has 0 bridgehead atoms. The number of nitrogens with one attached hydrogen (secondary N) is 1. The third-order valence-electron chi connectivity index (χ3n) is 5.60. The molecule has 0 aliphatic rings. The van der Waals surface area contributed by atoms with Crippen LogP contribution in [0.2, 0.25) is 0 Å². The average molecular weight is 518 g/mol. The lowest BCUT2D eigenvalue weighted by atomic mass is 10.0. The predicted octanol–water partition coefficient (Wildman–Crippen LogP) is 3.07. The van der Waals surface area contributed by atoms with E-state index in [1.54, 1.807) is 25.1 Å². The summed E-state index contributed by atoms with van der Waals surface area (Å²) in [5.41, 5.74) is 0.131. The number of aliphatic hydroxyl groups excluding tert-OH is 2. The molecule has 0 unspecified atom stereocenters. The number of imidazole rings is 1. The van der Waals surface area contributed by atoms with Gasteiger partial charge in [-0.1, -0.05) is 6.92 Å². The van der Waals surface area contributed by atoms with Crippen LogP contribution in [0.15, 0.2) is 43.0 Å². The maximum atomic E-state index is 13.7. The van der Waals surface area contributed by atoms with E-state index < -0.39 is 17.9 Å². The Hall–Kier alpha value is -3.97. The zero-order chi connectivity index (χ0) is 26.7. The van der Waals surface area contributed by atoms with E-state index >= 15 is 0 Å². The van der Waals surface area contributed by atoms with Gasteiger partial charge in [-0.05, 0) is 37.1 Å². The SMILES string of the molecule is CCc1cc(Oc2nccn3c(-c4cn(CCO)nc4C(F)(F)F)cnc23)ccc1C(=O)N[C@H](C)CO. The molecule has 0 fully saturated rings. The van der Waals surface area contributed by atoms with Crippen molar-refractivity contribution in [1.82, 2.24) is 29.5 Å². The van der Waals surface area contributed by atoms with E-state index in [1.807, 2.05) is 6.92 Å². The first kappa shape index (κ1) is 26.1. The average Bonchev–Trinajstić information content (AvgIpc) is 3.49. The number of fused-ring (bicyclic) bond motifs is 1. The van der Waals surface area contributed by atoms with Gasteiger partial charge in [-0.2, -0.15) is 18.3 Å². The Morgan fingerprint density at radius 2 is 2.03 bits per heavy atom. The minimum absolute atomic E-state index is 0.0539. The number of carbonyl (C=O) groups is 1. The van der Waals surface area contributed by atoms with E-state index in [2.05, 4.69) is 20.4 Å². The van der Waals surface area contributed by atoms with Gasteiger partial charge in [0.15, 0.2) is 5.69 Å². The van der Waals surface area contributed by atoms with Crippen molar-refractivity contribution in [3.05, 3.63) is 59.8 Å². The van der Waals surface area contributed by atoms with Gasteiger partial charge in [0.2, 0.25) is 5.65 Å². The molecule has 37 heavy (non-hydrogen) atoms. The first-order valence-electron chi connectivity index (χ1n) is 11.5. The lowest BCUT2D eigenvalue weighted by molar-refractivity contribution is -0.141. The van der Waals surface area contributed by atoms with Crippen LogP contribution in [0.1, 0.15) is 35.5 Å². The monoisotopic (exact) mass is 518 g/mol. The van der Waals surface area contributed by atoms with Crippen molar-refractivity contribution in [3.8, 4) is 22.9 Å². The number of amides is 1. The molecule has 0 saturated carbocycles.